The molecular weight excluding hydrogens is 392 g/mol. The number of ether oxygens (including phenoxy) is 2. The van der Waals surface area contributed by atoms with Gasteiger partial charge in [0.25, 0.3) is 0 Å². The highest BCUT2D eigenvalue weighted by Crippen LogP contribution is 2.15. The first-order chi connectivity index (χ1) is 15.0. The van der Waals surface area contributed by atoms with Gasteiger partial charge in [0.05, 0.1) is 6.61 Å². The van der Waals surface area contributed by atoms with Gasteiger partial charge in [-0.25, -0.2) is 0 Å². The number of aliphatic hydroxyl groups excluding tert-OH is 1. The summed E-state index contributed by atoms with van der Waals surface area (Å²) in [7, 11) is 0. The van der Waals surface area contributed by atoms with Gasteiger partial charge < -0.3 is 14.6 Å². The molecule has 0 fully saturated rings. The molecule has 0 radical (unpaired) electrons. The highest BCUT2D eigenvalue weighted by molar-refractivity contribution is 5.70. The van der Waals surface area contributed by atoms with Crippen LogP contribution in [-0.2, 0) is 19.1 Å². The Morgan fingerprint density at radius 2 is 1.26 bits per heavy atom. The first kappa shape index (κ1) is 29.9. The van der Waals surface area contributed by atoms with Crippen molar-refractivity contribution in [3.63, 3.8) is 0 Å². The number of aliphatic hydroxyl groups is 1. The lowest BCUT2D eigenvalue weighted by Crippen LogP contribution is -2.28. The van der Waals surface area contributed by atoms with Gasteiger partial charge >= 0.3 is 11.9 Å². The van der Waals surface area contributed by atoms with E-state index in [4.69, 9.17) is 9.47 Å². The molecule has 0 aliphatic carbocycles. The molecule has 0 saturated heterocycles. The van der Waals surface area contributed by atoms with Crippen LogP contribution in [0.2, 0.25) is 0 Å². The third kappa shape index (κ3) is 20.6. The number of carbonyl (C=O) groups excluding carboxylic acids is 2. The fraction of sp³-hybridized carbons (Fsp3) is 0.923. The molecule has 1 unspecified atom stereocenters. The summed E-state index contributed by atoms with van der Waals surface area (Å²) in [6.45, 7) is 6.36. The van der Waals surface area contributed by atoms with Crippen molar-refractivity contribution in [2.24, 2.45) is 5.92 Å². The summed E-state index contributed by atoms with van der Waals surface area (Å²) >= 11 is 0. The van der Waals surface area contributed by atoms with Crippen LogP contribution in [0.15, 0.2) is 0 Å². The van der Waals surface area contributed by atoms with Crippen LogP contribution in [0.5, 0.6) is 0 Å². The Kier molecular flexibility index (Phi) is 21.3. The van der Waals surface area contributed by atoms with Crippen molar-refractivity contribution >= 4 is 11.9 Å². The number of hydrogen-bond donors (Lipinski definition) is 1. The van der Waals surface area contributed by atoms with Crippen LogP contribution in [0.4, 0.5) is 0 Å². The Hall–Kier alpha value is -1.10. The third-order valence-corrected chi connectivity index (χ3v) is 5.94. The van der Waals surface area contributed by atoms with E-state index in [1.807, 2.05) is 0 Å². The molecule has 0 bridgehead atoms. The lowest BCUT2D eigenvalue weighted by Gasteiger charge is -2.15. The van der Waals surface area contributed by atoms with Crippen LogP contribution < -0.4 is 0 Å². The van der Waals surface area contributed by atoms with E-state index in [2.05, 4.69) is 20.8 Å². The van der Waals surface area contributed by atoms with Crippen molar-refractivity contribution in [1.29, 1.82) is 0 Å². The maximum atomic E-state index is 11.9. The predicted octanol–water partition coefficient (Wildman–Crippen LogP) is 6.74. The molecule has 184 valence electrons. The summed E-state index contributed by atoms with van der Waals surface area (Å²) in [4.78, 5) is 23.7. The molecule has 31 heavy (non-hydrogen) atoms. The zero-order valence-electron chi connectivity index (χ0n) is 20.7. The van der Waals surface area contributed by atoms with Crippen LogP contribution in [0.3, 0.4) is 0 Å². The maximum absolute atomic E-state index is 11.9. The quantitative estimate of drug-likeness (QED) is 0.148. The molecule has 0 heterocycles. The Balaban J connectivity index is 3.60. The topological polar surface area (TPSA) is 72.8 Å². The Labute approximate surface area is 191 Å². The van der Waals surface area contributed by atoms with Gasteiger partial charge in [-0.2, -0.15) is 0 Å². The lowest BCUT2D eigenvalue weighted by atomic mass is 9.99. The average molecular weight is 443 g/mol. The van der Waals surface area contributed by atoms with Crippen molar-refractivity contribution < 1.29 is 24.2 Å². The molecule has 5 heteroatoms. The molecule has 0 aliphatic heterocycles. The van der Waals surface area contributed by atoms with Gasteiger partial charge in [-0.15, -0.1) is 0 Å². The summed E-state index contributed by atoms with van der Waals surface area (Å²) in [5, 5.41) is 9.35. The summed E-state index contributed by atoms with van der Waals surface area (Å²) in [6.07, 6.45) is 17.5. The van der Waals surface area contributed by atoms with E-state index < -0.39 is 6.10 Å². The largest absolute Gasteiger partial charge is 0.462 e. The van der Waals surface area contributed by atoms with Crippen LogP contribution in [0.25, 0.3) is 0 Å². The SMILES string of the molecule is CCCCCCCC(=O)O[C@@H](CO)COC(=O)CCCCCCCCCCC(C)CC. The fourth-order valence-corrected chi connectivity index (χ4v) is 3.53. The van der Waals surface area contributed by atoms with Crippen molar-refractivity contribution in [3.8, 4) is 0 Å². The number of carbonyl (C=O) groups is 2. The number of hydrogen-bond acceptors (Lipinski definition) is 5. The van der Waals surface area contributed by atoms with E-state index in [1.165, 1.54) is 57.8 Å². The summed E-state index contributed by atoms with van der Waals surface area (Å²) < 4.78 is 10.4. The van der Waals surface area contributed by atoms with Gasteiger partial charge in [0.2, 0.25) is 0 Å². The van der Waals surface area contributed by atoms with E-state index in [0.717, 1.165) is 44.4 Å². The Bertz CT molecular complexity index is 424. The van der Waals surface area contributed by atoms with Crippen molar-refractivity contribution in [3.05, 3.63) is 0 Å². The molecular formula is C26H50O5. The highest BCUT2D eigenvalue weighted by Gasteiger charge is 2.16. The van der Waals surface area contributed by atoms with E-state index in [9.17, 15) is 14.7 Å². The van der Waals surface area contributed by atoms with Gasteiger partial charge in [-0.1, -0.05) is 104 Å². The predicted molar refractivity (Wildman–Crippen MR) is 127 cm³/mol. The van der Waals surface area contributed by atoms with Crippen molar-refractivity contribution in [1.82, 2.24) is 0 Å². The Morgan fingerprint density at radius 3 is 1.81 bits per heavy atom. The lowest BCUT2D eigenvalue weighted by molar-refractivity contribution is -0.161. The van der Waals surface area contributed by atoms with Gasteiger partial charge in [0.15, 0.2) is 6.10 Å². The summed E-state index contributed by atoms with van der Waals surface area (Å²) in [6, 6.07) is 0. The number of rotatable bonds is 22. The molecule has 2 atom stereocenters. The van der Waals surface area contributed by atoms with E-state index >= 15 is 0 Å². The molecule has 0 aromatic carbocycles. The Morgan fingerprint density at radius 1 is 0.742 bits per heavy atom. The molecule has 0 aromatic rings. The molecule has 0 spiro atoms. The van der Waals surface area contributed by atoms with Crippen LogP contribution in [-0.4, -0.2) is 36.4 Å². The van der Waals surface area contributed by atoms with Crippen LogP contribution in [0, 0.1) is 5.92 Å². The zero-order chi connectivity index (χ0) is 23.2. The monoisotopic (exact) mass is 442 g/mol. The van der Waals surface area contributed by atoms with E-state index in [-0.39, 0.29) is 25.2 Å². The summed E-state index contributed by atoms with van der Waals surface area (Å²) in [5.41, 5.74) is 0. The molecule has 0 aliphatic rings. The molecule has 0 amide bonds. The summed E-state index contributed by atoms with van der Waals surface area (Å²) in [5.74, 6) is 0.255. The molecule has 0 rings (SSSR count). The molecule has 0 saturated carbocycles. The van der Waals surface area contributed by atoms with Gasteiger partial charge in [-0.3, -0.25) is 9.59 Å². The zero-order valence-corrected chi connectivity index (χ0v) is 20.7. The second-order valence-electron chi connectivity index (χ2n) is 9.02. The molecule has 1 N–H and O–H groups in total. The first-order valence-corrected chi connectivity index (χ1v) is 13.0. The average Bonchev–Trinajstić information content (AvgIpc) is 2.77. The second-order valence-corrected chi connectivity index (χ2v) is 9.02. The van der Waals surface area contributed by atoms with Gasteiger partial charge in [0.1, 0.15) is 6.61 Å². The number of unbranched alkanes of at least 4 members (excludes halogenated alkanes) is 11. The van der Waals surface area contributed by atoms with Crippen LogP contribution in [0.1, 0.15) is 130 Å². The number of esters is 2. The van der Waals surface area contributed by atoms with Crippen LogP contribution >= 0.6 is 0 Å². The first-order valence-electron chi connectivity index (χ1n) is 13.0. The minimum atomic E-state index is -0.757. The fourth-order valence-electron chi connectivity index (χ4n) is 3.53. The van der Waals surface area contributed by atoms with Gasteiger partial charge in [0, 0.05) is 12.8 Å². The molecule has 5 nitrogen and oxygen atoms in total. The van der Waals surface area contributed by atoms with Gasteiger partial charge in [-0.05, 0) is 18.8 Å². The van der Waals surface area contributed by atoms with Crippen molar-refractivity contribution in [2.75, 3.05) is 13.2 Å². The third-order valence-electron chi connectivity index (χ3n) is 5.94. The van der Waals surface area contributed by atoms with Crippen molar-refractivity contribution in [2.45, 2.75) is 136 Å². The second kappa shape index (κ2) is 22.1. The van der Waals surface area contributed by atoms with E-state index in [1.54, 1.807) is 0 Å². The minimum absolute atomic E-state index is 0.0619. The minimum Gasteiger partial charge on any atom is -0.462 e. The van der Waals surface area contributed by atoms with E-state index in [0.29, 0.717) is 12.8 Å². The normalized spacial score (nSPS) is 13.0. The maximum Gasteiger partial charge on any atom is 0.306 e. The smallest absolute Gasteiger partial charge is 0.306 e. The highest BCUT2D eigenvalue weighted by atomic mass is 16.6. The molecule has 0 aromatic heterocycles. The standard InChI is InChI=1S/C26H50O5/c1-4-6-7-12-17-20-26(29)31-24(21-27)22-30-25(28)19-16-14-11-9-8-10-13-15-18-23(3)5-2/h23-24,27H,4-22H2,1-3H3/t23?,24-/m0/s1.